The lowest BCUT2D eigenvalue weighted by Gasteiger charge is -2.19. The molecule has 1 aromatic heterocycles. The molecule has 1 aromatic carbocycles. The third-order valence-electron chi connectivity index (χ3n) is 3.85. The number of hydrogen-bond acceptors (Lipinski definition) is 5. The van der Waals surface area contributed by atoms with E-state index in [4.69, 9.17) is 4.42 Å². The molecule has 0 unspecified atom stereocenters. The van der Waals surface area contributed by atoms with E-state index >= 15 is 0 Å². The first kappa shape index (κ1) is 17.7. The SMILES string of the molecule is CC[C@H](C)[C@H](NC(=O)CCc1nnc(-c2ccccc2)o1)C(=O)O. The summed E-state index contributed by atoms with van der Waals surface area (Å²) in [5.74, 6) is -0.767. The number of carboxylic acid groups (broad SMARTS) is 1. The van der Waals surface area contributed by atoms with Gasteiger partial charge in [0.05, 0.1) is 0 Å². The van der Waals surface area contributed by atoms with E-state index in [1.807, 2.05) is 37.3 Å². The van der Waals surface area contributed by atoms with Crippen molar-refractivity contribution in [2.75, 3.05) is 0 Å². The van der Waals surface area contributed by atoms with Crippen molar-refractivity contribution in [2.24, 2.45) is 5.92 Å². The number of nitrogens with zero attached hydrogens (tertiary/aromatic N) is 2. The first-order valence-electron chi connectivity index (χ1n) is 7.91. The highest BCUT2D eigenvalue weighted by Crippen LogP contribution is 2.17. The lowest BCUT2D eigenvalue weighted by Crippen LogP contribution is -2.45. The minimum atomic E-state index is -1.03. The van der Waals surface area contributed by atoms with Gasteiger partial charge in [0.25, 0.3) is 0 Å². The number of nitrogens with one attached hydrogen (secondary N) is 1. The molecule has 0 saturated carbocycles. The Labute approximate surface area is 140 Å². The van der Waals surface area contributed by atoms with Gasteiger partial charge in [0.2, 0.25) is 17.7 Å². The number of carbonyl (C=O) groups is 2. The second-order valence-corrected chi connectivity index (χ2v) is 5.64. The largest absolute Gasteiger partial charge is 0.480 e. The number of carboxylic acids is 1. The van der Waals surface area contributed by atoms with E-state index < -0.39 is 12.0 Å². The van der Waals surface area contributed by atoms with Crippen molar-refractivity contribution >= 4 is 11.9 Å². The smallest absolute Gasteiger partial charge is 0.326 e. The summed E-state index contributed by atoms with van der Waals surface area (Å²) >= 11 is 0. The average Bonchev–Trinajstić information content (AvgIpc) is 3.06. The second kappa shape index (κ2) is 8.24. The summed E-state index contributed by atoms with van der Waals surface area (Å²) < 4.78 is 5.52. The molecule has 0 saturated heterocycles. The highest BCUT2D eigenvalue weighted by molar-refractivity contribution is 5.83. The zero-order chi connectivity index (χ0) is 17.5. The van der Waals surface area contributed by atoms with E-state index in [-0.39, 0.29) is 24.7 Å². The Bertz CT molecular complexity index is 684. The van der Waals surface area contributed by atoms with Gasteiger partial charge in [-0.05, 0) is 18.1 Å². The van der Waals surface area contributed by atoms with Gasteiger partial charge in [0.15, 0.2) is 0 Å². The predicted octanol–water partition coefficient (Wildman–Crippen LogP) is 2.28. The molecule has 128 valence electrons. The van der Waals surface area contributed by atoms with Gasteiger partial charge in [-0.3, -0.25) is 4.79 Å². The van der Waals surface area contributed by atoms with Gasteiger partial charge in [0, 0.05) is 18.4 Å². The quantitative estimate of drug-likeness (QED) is 0.769. The van der Waals surface area contributed by atoms with E-state index in [0.717, 1.165) is 5.56 Å². The van der Waals surface area contributed by atoms with Gasteiger partial charge in [-0.25, -0.2) is 4.79 Å². The van der Waals surface area contributed by atoms with Gasteiger partial charge >= 0.3 is 5.97 Å². The second-order valence-electron chi connectivity index (χ2n) is 5.64. The normalized spacial score (nSPS) is 13.2. The topological polar surface area (TPSA) is 105 Å². The van der Waals surface area contributed by atoms with Gasteiger partial charge in [-0.2, -0.15) is 0 Å². The van der Waals surface area contributed by atoms with E-state index in [1.165, 1.54) is 0 Å². The molecule has 0 aliphatic rings. The highest BCUT2D eigenvalue weighted by atomic mass is 16.4. The minimum Gasteiger partial charge on any atom is -0.480 e. The third kappa shape index (κ3) is 4.65. The molecule has 2 rings (SSSR count). The van der Waals surface area contributed by atoms with Crippen LogP contribution in [0.15, 0.2) is 34.7 Å². The number of hydrogen-bond donors (Lipinski definition) is 2. The Morgan fingerprint density at radius 3 is 2.58 bits per heavy atom. The fourth-order valence-electron chi connectivity index (χ4n) is 2.20. The van der Waals surface area contributed by atoms with Crippen LogP contribution in [0, 0.1) is 5.92 Å². The zero-order valence-electron chi connectivity index (χ0n) is 13.7. The lowest BCUT2D eigenvalue weighted by atomic mass is 9.99. The number of amides is 1. The minimum absolute atomic E-state index is 0.0939. The molecule has 1 amide bonds. The van der Waals surface area contributed by atoms with Crippen molar-refractivity contribution < 1.29 is 19.1 Å². The predicted molar refractivity (Wildman–Crippen MR) is 87.1 cm³/mol. The number of carbonyl (C=O) groups excluding carboxylic acids is 1. The monoisotopic (exact) mass is 331 g/mol. The van der Waals surface area contributed by atoms with E-state index in [2.05, 4.69) is 15.5 Å². The summed E-state index contributed by atoms with van der Waals surface area (Å²) in [5, 5.41) is 19.6. The van der Waals surface area contributed by atoms with E-state index in [0.29, 0.717) is 18.2 Å². The number of aromatic nitrogens is 2. The van der Waals surface area contributed by atoms with Crippen LogP contribution in [0.2, 0.25) is 0 Å². The van der Waals surface area contributed by atoms with Crippen molar-refractivity contribution in [3.8, 4) is 11.5 Å². The van der Waals surface area contributed by atoms with Crippen LogP contribution in [0.1, 0.15) is 32.6 Å². The Hall–Kier alpha value is -2.70. The highest BCUT2D eigenvalue weighted by Gasteiger charge is 2.25. The summed E-state index contributed by atoms with van der Waals surface area (Å²) in [6.45, 7) is 3.68. The summed E-state index contributed by atoms with van der Waals surface area (Å²) in [6.07, 6.45) is 1.02. The van der Waals surface area contributed by atoms with Crippen LogP contribution in [0.25, 0.3) is 11.5 Å². The molecule has 0 radical (unpaired) electrons. The summed E-state index contributed by atoms with van der Waals surface area (Å²) in [7, 11) is 0. The molecule has 0 bridgehead atoms. The van der Waals surface area contributed by atoms with Crippen LogP contribution in [0.5, 0.6) is 0 Å². The molecule has 0 aliphatic carbocycles. The van der Waals surface area contributed by atoms with Crippen molar-refractivity contribution in [1.29, 1.82) is 0 Å². The van der Waals surface area contributed by atoms with Gasteiger partial charge in [-0.1, -0.05) is 38.5 Å². The molecule has 0 spiro atoms. The number of rotatable bonds is 8. The molecule has 0 aliphatic heterocycles. The molecule has 1 heterocycles. The summed E-state index contributed by atoms with van der Waals surface area (Å²) in [5.41, 5.74) is 0.809. The summed E-state index contributed by atoms with van der Waals surface area (Å²) in [4.78, 5) is 23.2. The van der Waals surface area contributed by atoms with Crippen molar-refractivity contribution in [1.82, 2.24) is 15.5 Å². The Kier molecular flexibility index (Phi) is 6.06. The molecule has 2 atom stereocenters. The molecular formula is C17H21N3O4. The molecule has 7 heteroatoms. The standard InChI is InChI=1S/C17H21N3O4/c1-3-11(2)15(17(22)23)18-13(21)9-10-14-19-20-16(24-14)12-7-5-4-6-8-12/h4-8,11,15H,3,9-10H2,1-2H3,(H,18,21)(H,22,23)/t11-,15-/m0/s1. The Morgan fingerprint density at radius 2 is 1.96 bits per heavy atom. The zero-order valence-corrected chi connectivity index (χ0v) is 13.7. The molecule has 2 aromatic rings. The van der Waals surface area contributed by atoms with Crippen LogP contribution < -0.4 is 5.32 Å². The molecular weight excluding hydrogens is 310 g/mol. The molecule has 7 nitrogen and oxygen atoms in total. The van der Waals surface area contributed by atoms with E-state index in [1.54, 1.807) is 6.92 Å². The Morgan fingerprint density at radius 1 is 1.25 bits per heavy atom. The van der Waals surface area contributed by atoms with Crippen LogP contribution in [0.3, 0.4) is 0 Å². The van der Waals surface area contributed by atoms with Crippen molar-refractivity contribution in [2.45, 2.75) is 39.2 Å². The third-order valence-corrected chi connectivity index (χ3v) is 3.85. The van der Waals surface area contributed by atoms with Crippen molar-refractivity contribution in [3.63, 3.8) is 0 Å². The average molecular weight is 331 g/mol. The van der Waals surface area contributed by atoms with Gasteiger partial charge < -0.3 is 14.8 Å². The van der Waals surface area contributed by atoms with Crippen LogP contribution in [0.4, 0.5) is 0 Å². The molecule has 2 N–H and O–H groups in total. The van der Waals surface area contributed by atoms with E-state index in [9.17, 15) is 14.7 Å². The number of aliphatic carboxylic acids is 1. The lowest BCUT2D eigenvalue weighted by molar-refractivity contribution is -0.143. The fourth-order valence-corrected chi connectivity index (χ4v) is 2.20. The van der Waals surface area contributed by atoms with Gasteiger partial charge in [-0.15, -0.1) is 10.2 Å². The first-order chi connectivity index (χ1) is 11.5. The van der Waals surface area contributed by atoms with Crippen LogP contribution >= 0.6 is 0 Å². The van der Waals surface area contributed by atoms with Crippen molar-refractivity contribution in [3.05, 3.63) is 36.2 Å². The first-order valence-corrected chi connectivity index (χ1v) is 7.91. The number of benzene rings is 1. The maximum atomic E-state index is 12.0. The van der Waals surface area contributed by atoms with Gasteiger partial charge in [0.1, 0.15) is 6.04 Å². The Balaban J connectivity index is 1.90. The maximum absolute atomic E-state index is 12.0. The molecule has 0 fully saturated rings. The molecule has 24 heavy (non-hydrogen) atoms. The van der Waals surface area contributed by atoms with Crippen LogP contribution in [-0.2, 0) is 16.0 Å². The van der Waals surface area contributed by atoms with Crippen LogP contribution in [-0.4, -0.2) is 33.2 Å². The maximum Gasteiger partial charge on any atom is 0.326 e. The summed E-state index contributed by atoms with van der Waals surface area (Å²) in [6, 6.07) is 8.45. The fraction of sp³-hybridized carbons (Fsp3) is 0.412. The number of aryl methyl sites for hydroxylation is 1.